The summed E-state index contributed by atoms with van der Waals surface area (Å²) in [6.07, 6.45) is 5.17. The van der Waals surface area contributed by atoms with Crippen LogP contribution in [0, 0.1) is 5.41 Å². The first-order chi connectivity index (χ1) is 18.3. The van der Waals surface area contributed by atoms with Gasteiger partial charge in [0, 0.05) is 19.2 Å². The average molecular weight is 540 g/mol. The van der Waals surface area contributed by atoms with E-state index in [4.69, 9.17) is 9.40 Å². The molecule has 9 nitrogen and oxygen atoms in total. The van der Waals surface area contributed by atoms with Gasteiger partial charge in [0.15, 0.2) is 0 Å². The van der Waals surface area contributed by atoms with Crippen LogP contribution in [0.1, 0.15) is 78.5 Å². The Bertz CT molecular complexity index is 1390. The van der Waals surface area contributed by atoms with Gasteiger partial charge in [0.1, 0.15) is 5.76 Å². The molecule has 5 rings (SSSR count). The summed E-state index contributed by atoms with van der Waals surface area (Å²) < 4.78 is 29.8. The summed E-state index contributed by atoms with van der Waals surface area (Å²) in [4.78, 5) is 29.3. The Labute approximate surface area is 224 Å². The number of amides is 1. The maximum atomic E-state index is 13.0. The molecule has 1 amide bonds. The lowest BCUT2D eigenvalue weighted by Gasteiger charge is -2.20. The summed E-state index contributed by atoms with van der Waals surface area (Å²) in [7, 11) is 1.58. The van der Waals surface area contributed by atoms with Gasteiger partial charge in [0.05, 0.1) is 28.6 Å². The van der Waals surface area contributed by atoms with E-state index in [-0.39, 0.29) is 24.9 Å². The molecule has 3 N–H and O–H groups in total. The zero-order chi connectivity index (χ0) is 27.0. The second-order valence-electron chi connectivity index (χ2n) is 10.4. The van der Waals surface area contributed by atoms with Gasteiger partial charge in [-0.2, -0.15) is 4.31 Å². The number of furan rings is 1. The molecule has 0 spiro atoms. The van der Waals surface area contributed by atoms with E-state index in [1.807, 2.05) is 30.3 Å². The first-order valence-corrected chi connectivity index (χ1v) is 14.2. The fourth-order valence-corrected chi connectivity index (χ4v) is 5.61. The SMILES string of the molecule is CCc1ccc(-c2oc3nc(CN(CCCC4(C(=O)O)CC4)S(=O)O)c(C4CC4)cc3c2C(=O)NC)cc1. The predicted octanol–water partition coefficient (Wildman–Crippen LogP) is 4.88. The maximum Gasteiger partial charge on any atom is 0.309 e. The van der Waals surface area contributed by atoms with Gasteiger partial charge in [-0.05, 0) is 68.1 Å². The van der Waals surface area contributed by atoms with Gasteiger partial charge in [-0.25, -0.2) is 9.19 Å². The molecule has 0 radical (unpaired) electrons. The van der Waals surface area contributed by atoms with Crippen molar-refractivity contribution in [2.24, 2.45) is 5.41 Å². The number of aryl methyl sites for hydroxylation is 1. The lowest BCUT2D eigenvalue weighted by atomic mass is 10.0. The zero-order valence-corrected chi connectivity index (χ0v) is 22.5. The van der Waals surface area contributed by atoms with Gasteiger partial charge in [0.25, 0.3) is 5.91 Å². The Morgan fingerprint density at radius 2 is 1.95 bits per heavy atom. The molecule has 2 aromatic heterocycles. The number of hydrogen-bond acceptors (Lipinski definition) is 5. The Kier molecular flexibility index (Phi) is 7.39. The molecule has 2 fully saturated rings. The minimum absolute atomic E-state index is 0.126. The van der Waals surface area contributed by atoms with Crippen LogP contribution in [0.15, 0.2) is 34.7 Å². The van der Waals surface area contributed by atoms with Gasteiger partial charge < -0.3 is 14.8 Å². The number of benzene rings is 1. The summed E-state index contributed by atoms with van der Waals surface area (Å²) >= 11 is -2.25. The molecule has 1 aromatic carbocycles. The van der Waals surface area contributed by atoms with E-state index >= 15 is 0 Å². The number of rotatable bonds is 12. The average Bonchev–Trinajstić information content (AvgIpc) is 3.84. The molecule has 1 unspecified atom stereocenters. The monoisotopic (exact) mass is 539 g/mol. The van der Waals surface area contributed by atoms with E-state index in [1.54, 1.807) is 7.05 Å². The zero-order valence-electron chi connectivity index (χ0n) is 21.7. The molecule has 0 bridgehead atoms. The quantitative estimate of drug-likeness (QED) is 0.279. The van der Waals surface area contributed by atoms with Crippen LogP contribution in [0.2, 0.25) is 0 Å². The van der Waals surface area contributed by atoms with Gasteiger partial charge >= 0.3 is 5.97 Å². The highest BCUT2D eigenvalue weighted by molar-refractivity contribution is 7.76. The summed E-state index contributed by atoms with van der Waals surface area (Å²) in [5.41, 5.74) is 3.62. The number of fused-ring (bicyclic) bond motifs is 1. The van der Waals surface area contributed by atoms with Crippen molar-refractivity contribution in [2.75, 3.05) is 13.6 Å². The molecule has 0 saturated heterocycles. The van der Waals surface area contributed by atoms with Crippen molar-refractivity contribution in [3.05, 3.63) is 52.7 Å². The minimum atomic E-state index is -2.25. The molecule has 2 saturated carbocycles. The molecule has 2 aliphatic rings. The lowest BCUT2D eigenvalue weighted by molar-refractivity contribution is -0.143. The molecule has 38 heavy (non-hydrogen) atoms. The van der Waals surface area contributed by atoms with E-state index in [9.17, 15) is 23.5 Å². The number of carboxylic acids is 1. The number of carbonyl (C=O) groups excluding carboxylic acids is 1. The standard InChI is InChI=1S/C28H33N3O6S/c1-3-17-5-7-19(8-6-17)24-23(25(32)29-2)21-15-20(18-9-10-18)22(30-26(21)37-24)16-31(38(35)36)14-4-11-28(12-13-28)27(33)34/h5-8,15,18H,3-4,9-14,16H2,1-2H3,(H,29,32)(H,33,34)(H,35,36). The van der Waals surface area contributed by atoms with Gasteiger partial charge in [-0.1, -0.05) is 31.2 Å². The van der Waals surface area contributed by atoms with E-state index in [0.717, 1.165) is 30.4 Å². The molecule has 10 heteroatoms. The third-order valence-corrected chi connectivity index (χ3v) is 8.56. The molecular weight excluding hydrogens is 506 g/mol. The van der Waals surface area contributed by atoms with Crippen molar-refractivity contribution in [3.63, 3.8) is 0 Å². The summed E-state index contributed by atoms with van der Waals surface area (Å²) in [6, 6.07) is 9.85. The molecule has 3 aromatic rings. The second kappa shape index (κ2) is 10.6. The van der Waals surface area contributed by atoms with Crippen LogP contribution >= 0.6 is 0 Å². The van der Waals surface area contributed by atoms with Crippen LogP contribution < -0.4 is 5.32 Å². The molecule has 0 aliphatic heterocycles. The maximum absolute atomic E-state index is 13.0. The van der Waals surface area contributed by atoms with Crippen molar-refractivity contribution in [1.29, 1.82) is 0 Å². The van der Waals surface area contributed by atoms with Crippen LogP contribution in [0.25, 0.3) is 22.4 Å². The lowest BCUT2D eigenvalue weighted by Crippen LogP contribution is -2.28. The van der Waals surface area contributed by atoms with E-state index < -0.39 is 22.7 Å². The van der Waals surface area contributed by atoms with Gasteiger partial charge in [0.2, 0.25) is 17.0 Å². The van der Waals surface area contributed by atoms with Gasteiger partial charge in [-0.15, -0.1) is 0 Å². The highest BCUT2D eigenvalue weighted by Crippen LogP contribution is 2.50. The Morgan fingerprint density at radius 3 is 2.50 bits per heavy atom. The highest BCUT2D eigenvalue weighted by atomic mass is 32.2. The van der Waals surface area contributed by atoms with Crippen molar-refractivity contribution in [1.82, 2.24) is 14.6 Å². The van der Waals surface area contributed by atoms with Crippen molar-refractivity contribution >= 4 is 34.2 Å². The van der Waals surface area contributed by atoms with Crippen molar-refractivity contribution in [3.8, 4) is 11.3 Å². The third kappa shape index (κ3) is 5.25. The van der Waals surface area contributed by atoms with Crippen molar-refractivity contribution in [2.45, 2.75) is 64.3 Å². The Morgan fingerprint density at radius 1 is 1.24 bits per heavy atom. The number of carbonyl (C=O) groups is 2. The second-order valence-corrected chi connectivity index (χ2v) is 11.3. The molecule has 1 atom stereocenters. The van der Waals surface area contributed by atoms with E-state index in [1.165, 1.54) is 9.87 Å². The number of pyridine rings is 1. The molecular formula is C28H33N3O6S. The first kappa shape index (κ1) is 26.5. The summed E-state index contributed by atoms with van der Waals surface area (Å²) in [5, 5.41) is 12.8. The predicted molar refractivity (Wildman–Crippen MR) is 144 cm³/mol. The first-order valence-electron chi connectivity index (χ1n) is 13.1. The van der Waals surface area contributed by atoms with Gasteiger partial charge in [-0.3, -0.25) is 14.1 Å². The number of carboxylic acid groups (broad SMARTS) is 1. The normalized spacial score (nSPS) is 17.1. The largest absolute Gasteiger partial charge is 0.481 e. The summed E-state index contributed by atoms with van der Waals surface area (Å²) in [5.74, 6) is -0.334. The van der Waals surface area contributed by atoms with E-state index in [0.29, 0.717) is 53.8 Å². The van der Waals surface area contributed by atoms with Crippen molar-refractivity contribution < 1.29 is 27.9 Å². The highest BCUT2D eigenvalue weighted by Gasteiger charge is 2.49. The van der Waals surface area contributed by atoms with E-state index in [2.05, 4.69) is 12.2 Å². The number of nitrogens with one attached hydrogen (secondary N) is 1. The molecule has 2 heterocycles. The summed E-state index contributed by atoms with van der Waals surface area (Å²) in [6.45, 7) is 2.48. The van der Waals surface area contributed by atoms with Crippen LogP contribution in [-0.4, -0.2) is 48.6 Å². The Balaban J connectivity index is 1.49. The number of aliphatic carboxylic acids is 1. The van der Waals surface area contributed by atoms with Crippen LogP contribution in [0.4, 0.5) is 0 Å². The minimum Gasteiger partial charge on any atom is -0.481 e. The number of nitrogens with zero attached hydrogens (tertiary/aromatic N) is 2. The van der Waals surface area contributed by atoms with Crippen LogP contribution in [0.5, 0.6) is 0 Å². The molecule has 2 aliphatic carbocycles. The fraction of sp³-hybridized carbons (Fsp3) is 0.464. The van der Waals surface area contributed by atoms with Crippen LogP contribution in [-0.2, 0) is 29.0 Å². The topological polar surface area (TPSA) is 133 Å². The smallest absolute Gasteiger partial charge is 0.309 e. The van der Waals surface area contributed by atoms with Crippen LogP contribution in [0.3, 0.4) is 0 Å². The number of aromatic nitrogens is 1. The third-order valence-electron chi connectivity index (χ3n) is 7.81. The number of hydrogen-bond donors (Lipinski definition) is 3. The Hall–Kier alpha value is -3.08. The molecule has 202 valence electrons. The fourth-order valence-electron chi connectivity index (χ4n) is 5.09.